The van der Waals surface area contributed by atoms with Crippen molar-refractivity contribution in [2.24, 2.45) is 0 Å². The lowest BCUT2D eigenvalue weighted by molar-refractivity contribution is -0.129. The Labute approximate surface area is 188 Å². The quantitative estimate of drug-likeness (QED) is 0.397. The summed E-state index contributed by atoms with van der Waals surface area (Å²) in [5.74, 6) is -1.63. The van der Waals surface area contributed by atoms with E-state index in [1.165, 1.54) is 17.0 Å². The third-order valence-electron chi connectivity index (χ3n) is 4.42. The highest BCUT2D eigenvalue weighted by Gasteiger charge is 2.38. The molecule has 0 bridgehead atoms. The third-order valence-corrected chi connectivity index (χ3v) is 5.75. The Morgan fingerprint density at radius 1 is 1.19 bits per heavy atom. The number of nitrogens with zero attached hydrogens (tertiary/aromatic N) is 1. The van der Waals surface area contributed by atoms with Crippen LogP contribution in [0.25, 0.3) is 6.08 Å². The molecule has 6 nitrogen and oxygen atoms in total. The lowest BCUT2D eigenvalue weighted by Gasteiger charge is -2.22. The molecule has 0 radical (unpaired) electrons. The minimum Gasteiger partial charge on any atom is -0.462 e. The lowest BCUT2D eigenvalue weighted by Crippen LogP contribution is -2.44. The van der Waals surface area contributed by atoms with Crippen molar-refractivity contribution in [3.8, 4) is 0 Å². The highest BCUT2D eigenvalue weighted by molar-refractivity contribution is 8.26. The van der Waals surface area contributed by atoms with Crippen LogP contribution in [-0.2, 0) is 14.3 Å². The average Bonchev–Trinajstić information content (AvgIpc) is 3.02. The molecular weight excluding hydrogens is 439 g/mol. The molecule has 1 aliphatic rings. The minimum atomic E-state index is -0.851. The molecule has 1 aliphatic heterocycles. The number of thioether (sulfide) groups is 1. The van der Waals surface area contributed by atoms with Gasteiger partial charge in [-0.2, -0.15) is 0 Å². The van der Waals surface area contributed by atoms with Crippen LogP contribution in [0, 0.1) is 5.82 Å². The summed E-state index contributed by atoms with van der Waals surface area (Å²) in [7, 11) is 0. The number of hydrogen-bond acceptors (Lipinski definition) is 6. The predicted molar refractivity (Wildman–Crippen MR) is 122 cm³/mol. The van der Waals surface area contributed by atoms with Crippen molar-refractivity contribution in [2.45, 2.75) is 19.9 Å². The smallest absolute Gasteiger partial charge is 0.338 e. The van der Waals surface area contributed by atoms with Gasteiger partial charge in [0.1, 0.15) is 16.2 Å². The molecular formula is C22H19FN2O4S2. The first-order chi connectivity index (χ1) is 14.8. The topological polar surface area (TPSA) is 75.7 Å². The van der Waals surface area contributed by atoms with Crippen LogP contribution in [0.3, 0.4) is 0 Å². The second-order valence-corrected chi connectivity index (χ2v) is 8.24. The Morgan fingerprint density at radius 2 is 1.84 bits per heavy atom. The van der Waals surface area contributed by atoms with E-state index in [-0.39, 0.29) is 22.7 Å². The summed E-state index contributed by atoms with van der Waals surface area (Å²) < 4.78 is 18.3. The van der Waals surface area contributed by atoms with Crippen LogP contribution in [-0.4, -0.2) is 39.7 Å². The van der Waals surface area contributed by atoms with Gasteiger partial charge < -0.3 is 10.1 Å². The number of halogens is 1. The molecule has 31 heavy (non-hydrogen) atoms. The maximum absolute atomic E-state index is 13.1. The zero-order valence-corrected chi connectivity index (χ0v) is 18.4. The Balaban J connectivity index is 1.68. The van der Waals surface area contributed by atoms with Crippen LogP contribution in [0.2, 0.25) is 0 Å². The molecule has 1 N–H and O–H groups in total. The van der Waals surface area contributed by atoms with Gasteiger partial charge in [-0.15, -0.1) is 0 Å². The van der Waals surface area contributed by atoms with Crippen molar-refractivity contribution in [1.82, 2.24) is 4.90 Å². The van der Waals surface area contributed by atoms with E-state index < -0.39 is 17.9 Å². The standard InChI is InChI=1S/C22H19FN2O4S2/c1-3-29-21(28)15-6-10-17(11-7-15)24-19(26)13(2)25-20(27)18(31-22(25)30)12-14-4-8-16(23)9-5-14/h4-13H,3H2,1-2H3,(H,24,26)/b18-12-. The van der Waals surface area contributed by atoms with E-state index in [2.05, 4.69) is 5.32 Å². The molecule has 0 aromatic heterocycles. The zero-order chi connectivity index (χ0) is 22.5. The fourth-order valence-electron chi connectivity index (χ4n) is 2.79. The Kier molecular flexibility index (Phi) is 7.19. The van der Waals surface area contributed by atoms with E-state index in [1.54, 1.807) is 56.3 Å². The highest BCUT2D eigenvalue weighted by Crippen LogP contribution is 2.34. The molecule has 1 unspecified atom stereocenters. The number of nitrogens with one attached hydrogen (secondary N) is 1. The van der Waals surface area contributed by atoms with Gasteiger partial charge in [0.05, 0.1) is 17.1 Å². The monoisotopic (exact) mass is 458 g/mol. The second-order valence-electron chi connectivity index (χ2n) is 6.57. The number of thiocarbonyl (C=S) groups is 1. The van der Waals surface area contributed by atoms with Gasteiger partial charge in [-0.3, -0.25) is 14.5 Å². The number of ether oxygens (including phenoxy) is 1. The largest absolute Gasteiger partial charge is 0.462 e. The molecule has 1 atom stereocenters. The summed E-state index contributed by atoms with van der Waals surface area (Å²) in [5.41, 5.74) is 1.49. The second kappa shape index (κ2) is 9.84. The summed E-state index contributed by atoms with van der Waals surface area (Å²) in [5, 5.41) is 2.71. The van der Waals surface area contributed by atoms with Gasteiger partial charge in [-0.05, 0) is 61.9 Å². The number of hydrogen-bond donors (Lipinski definition) is 1. The predicted octanol–water partition coefficient (Wildman–Crippen LogP) is 4.23. The Hall–Kier alpha value is -3.04. The maximum Gasteiger partial charge on any atom is 0.338 e. The van der Waals surface area contributed by atoms with E-state index in [0.717, 1.165) is 11.8 Å². The fraction of sp³-hybridized carbons (Fsp3) is 0.182. The fourth-order valence-corrected chi connectivity index (χ4v) is 4.21. The SMILES string of the molecule is CCOC(=O)c1ccc(NC(=O)C(C)N2C(=O)/C(=C/c3ccc(F)cc3)SC2=S)cc1. The van der Waals surface area contributed by atoms with Gasteiger partial charge in [0.2, 0.25) is 5.91 Å². The zero-order valence-electron chi connectivity index (χ0n) is 16.8. The molecule has 1 saturated heterocycles. The van der Waals surface area contributed by atoms with E-state index in [9.17, 15) is 18.8 Å². The van der Waals surface area contributed by atoms with Crippen LogP contribution in [0.1, 0.15) is 29.8 Å². The average molecular weight is 459 g/mol. The van der Waals surface area contributed by atoms with Gasteiger partial charge >= 0.3 is 5.97 Å². The first kappa shape index (κ1) is 22.6. The molecule has 0 saturated carbocycles. The van der Waals surface area contributed by atoms with Crippen LogP contribution >= 0.6 is 24.0 Å². The van der Waals surface area contributed by atoms with Crippen molar-refractivity contribution in [1.29, 1.82) is 0 Å². The summed E-state index contributed by atoms with van der Waals surface area (Å²) in [6, 6.07) is 11.1. The summed E-state index contributed by atoms with van der Waals surface area (Å²) in [6.45, 7) is 3.57. The van der Waals surface area contributed by atoms with Crippen molar-refractivity contribution < 1.29 is 23.5 Å². The van der Waals surface area contributed by atoms with E-state index >= 15 is 0 Å². The Bertz CT molecular complexity index is 1050. The molecule has 3 rings (SSSR count). The molecule has 0 spiro atoms. The molecule has 2 aromatic rings. The number of rotatable bonds is 6. The summed E-state index contributed by atoms with van der Waals surface area (Å²) >= 11 is 6.38. The van der Waals surface area contributed by atoms with Gasteiger partial charge in [-0.1, -0.05) is 36.1 Å². The molecule has 160 valence electrons. The summed E-state index contributed by atoms with van der Waals surface area (Å²) in [4.78, 5) is 38.8. The number of benzene rings is 2. The van der Waals surface area contributed by atoms with Crippen molar-refractivity contribution >= 4 is 57.8 Å². The van der Waals surface area contributed by atoms with Gasteiger partial charge in [0, 0.05) is 5.69 Å². The maximum atomic E-state index is 13.1. The van der Waals surface area contributed by atoms with E-state index in [4.69, 9.17) is 17.0 Å². The first-order valence-corrected chi connectivity index (χ1v) is 10.6. The molecule has 2 aromatic carbocycles. The number of carbonyl (C=O) groups is 3. The van der Waals surface area contributed by atoms with Crippen LogP contribution in [0.5, 0.6) is 0 Å². The third kappa shape index (κ3) is 5.36. The Morgan fingerprint density at radius 3 is 2.45 bits per heavy atom. The molecule has 1 fully saturated rings. The van der Waals surface area contributed by atoms with E-state index in [1.807, 2.05) is 0 Å². The number of amides is 2. The van der Waals surface area contributed by atoms with Crippen molar-refractivity contribution in [3.63, 3.8) is 0 Å². The van der Waals surface area contributed by atoms with Crippen LogP contribution in [0.15, 0.2) is 53.4 Å². The normalized spacial score (nSPS) is 15.8. The van der Waals surface area contributed by atoms with Gasteiger partial charge in [0.25, 0.3) is 5.91 Å². The molecule has 0 aliphatic carbocycles. The van der Waals surface area contributed by atoms with Crippen molar-refractivity contribution in [2.75, 3.05) is 11.9 Å². The molecule has 2 amide bonds. The minimum absolute atomic E-state index is 0.263. The highest BCUT2D eigenvalue weighted by atomic mass is 32.2. The number of anilines is 1. The van der Waals surface area contributed by atoms with Crippen molar-refractivity contribution in [3.05, 3.63) is 70.4 Å². The first-order valence-electron chi connectivity index (χ1n) is 9.41. The number of esters is 1. The molecule has 1 heterocycles. The summed E-state index contributed by atoms with van der Waals surface area (Å²) in [6.07, 6.45) is 1.61. The van der Waals surface area contributed by atoms with Crippen LogP contribution < -0.4 is 5.32 Å². The molecule has 9 heteroatoms. The van der Waals surface area contributed by atoms with E-state index in [0.29, 0.717) is 21.7 Å². The van der Waals surface area contributed by atoms with Crippen LogP contribution in [0.4, 0.5) is 10.1 Å². The van der Waals surface area contributed by atoms with Gasteiger partial charge in [0.15, 0.2) is 0 Å². The number of carbonyl (C=O) groups excluding carboxylic acids is 3. The van der Waals surface area contributed by atoms with Gasteiger partial charge in [-0.25, -0.2) is 9.18 Å². The lowest BCUT2D eigenvalue weighted by atomic mass is 10.2.